The van der Waals surface area contributed by atoms with Crippen molar-refractivity contribution in [3.63, 3.8) is 0 Å². The lowest BCUT2D eigenvalue weighted by molar-refractivity contribution is -0.138. The van der Waals surface area contributed by atoms with Gasteiger partial charge in [0.15, 0.2) is 0 Å². The second-order valence-electron chi connectivity index (χ2n) is 6.37. The van der Waals surface area contributed by atoms with Crippen LogP contribution in [0.4, 0.5) is 0 Å². The number of carbonyl (C=O) groups is 4. The highest BCUT2D eigenvalue weighted by Gasteiger charge is 2.23. The molecule has 1 aromatic heterocycles. The second kappa shape index (κ2) is 10.6. The highest BCUT2D eigenvalue weighted by molar-refractivity contribution is 5.91. The molecule has 0 aliphatic carbocycles. The van der Waals surface area contributed by atoms with Crippen molar-refractivity contribution in [2.24, 2.45) is 0 Å². The number of carbonyl (C=O) groups excluding carboxylic acids is 3. The zero-order valence-corrected chi connectivity index (χ0v) is 15.9. The SMILES string of the molecule is CC(=O)NCC(=O)NC(Cc1cn(Cc2ccccc2)cn1)C(=O)NCC(=O)O. The molecule has 10 nitrogen and oxygen atoms in total. The molecule has 0 saturated carbocycles. The van der Waals surface area contributed by atoms with Gasteiger partial charge >= 0.3 is 5.97 Å². The van der Waals surface area contributed by atoms with Crippen LogP contribution < -0.4 is 16.0 Å². The quantitative estimate of drug-likeness (QED) is 0.414. The van der Waals surface area contributed by atoms with Crippen LogP contribution in [0.25, 0.3) is 0 Å². The van der Waals surface area contributed by atoms with Crippen LogP contribution in [0.5, 0.6) is 0 Å². The topological polar surface area (TPSA) is 142 Å². The maximum Gasteiger partial charge on any atom is 0.322 e. The van der Waals surface area contributed by atoms with Crippen LogP contribution >= 0.6 is 0 Å². The molecule has 0 fully saturated rings. The first-order valence-electron chi connectivity index (χ1n) is 8.91. The van der Waals surface area contributed by atoms with E-state index < -0.39 is 30.4 Å². The van der Waals surface area contributed by atoms with Crippen molar-refractivity contribution >= 4 is 23.7 Å². The number of amides is 3. The summed E-state index contributed by atoms with van der Waals surface area (Å²) < 4.78 is 1.84. The van der Waals surface area contributed by atoms with Crippen molar-refractivity contribution in [3.8, 4) is 0 Å². The predicted octanol–water partition coefficient (Wildman–Crippen LogP) is -0.704. The summed E-state index contributed by atoms with van der Waals surface area (Å²) in [5, 5.41) is 15.8. The molecule has 2 aromatic rings. The van der Waals surface area contributed by atoms with Gasteiger partial charge in [-0.25, -0.2) is 4.98 Å². The number of hydrogen-bond donors (Lipinski definition) is 4. The Morgan fingerprint density at radius 1 is 1.10 bits per heavy atom. The average molecular weight is 401 g/mol. The molecule has 1 atom stereocenters. The molecule has 4 N–H and O–H groups in total. The summed E-state index contributed by atoms with van der Waals surface area (Å²) in [5.41, 5.74) is 1.63. The monoisotopic (exact) mass is 401 g/mol. The van der Waals surface area contributed by atoms with E-state index in [0.717, 1.165) is 5.56 Å². The largest absolute Gasteiger partial charge is 0.480 e. The van der Waals surface area contributed by atoms with Crippen LogP contribution in [0.3, 0.4) is 0 Å². The number of aromatic nitrogens is 2. The van der Waals surface area contributed by atoms with Gasteiger partial charge in [-0.3, -0.25) is 19.2 Å². The van der Waals surface area contributed by atoms with Gasteiger partial charge < -0.3 is 25.6 Å². The summed E-state index contributed by atoms with van der Waals surface area (Å²) in [7, 11) is 0. The predicted molar refractivity (Wildman–Crippen MR) is 103 cm³/mol. The summed E-state index contributed by atoms with van der Waals surface area (Å²) in [4.78, 5) is 50.2. The number of aliphatic carboxylic acids is 1. The number of carboxylic acid groups (broad SMARTS) is 1. The van der Waals surface area contributed by atoms with E-state index in [0.29, 0.717) is 12.2 Å². The zero-order valence-electron chi connectivity index (χ0n) is 15.9. The number of rotatable bonds is 10. The van der Waals surface area contributed by atoms with E-state index in [-0.39, 0.29) is 18.9 Å². The van der Waals surface area contributed by atoms with Gasteiger partial charge in [0.05, 0.1) is 18.6 Å². The minimum atomic E-state index is -1.20. The fourth-order valence-corrected chi connectivity index (χ4v) is 2.55. The number of hydrogen-bond acceptors (Lipinski definition) is 5. The van der Waals surface area contributed by atoms with Gasteiger partial charge in [0.2, 0.25) is 17.7 Å². The lowest BCUT2D eigenvalue weighted by Gasteiger charge is -2.17. The molecule has 10 heteroatoms. The minimum absolute atomic E-state index is 0.0685. The first-order chi connectivity index (χ1) is 13.8. The van der Waals surface area contributed by atoms with Crippen molar-refractivity contribution in [1.82, 2.24) is 25.5 Å². The molecule has 29 heavy (non-hydrogen) atoms. The van der Waals surface area contributed by atoms with Gasteiger partial charge in [-0.2, -0.15) is 0 Å². The van der Waals surface area contributed by atoms with Crippen molar-refractivity contribution in [3.05, 3.63) is 54.1 Å². The Morgan fingerprint density at radius 2 is 1.83 bits per heavy atom. The van der Waals surface area contributed by atoms with E-state index in [4.69, 9.17) is 5.11 Å². The first-order valence-corrected chi connectivity index (χ1v) is 8.91. The Balaban J connectivity index is 2.03. The van der Waals surface area contributed by atoms with Crippen LogP contribution in [0, 0.1) is 0 Å². The van der Waals surface area contributed by atoms with Gasteiger partial charge in [-0.15, -0.1) is 0 Å². The Labute approximate surface area is 167 Å². The highest BCUT2D eigenvalue weighted by atomic mass is 16.4. The molecule has 0 radical (unpaired) electrons. The summed E-state index contributed by atoms with van der Waals surface area (Å²) >= 11 is 0. The van der Waals surface area contributed by atoms with Gasteiger partial charge in [0.1, 0.15) is 12.6 Å². The molecule has 1 aromatic carbocycles. The van der Waals surface area contributed by atoms with E-state index >= 15 is 0 Å². The van der Waals surface area contributed by atoms with Gasteiger partial charge in [-0.1, -0.05) is 30.3 Å². The lowest BCUT2D eigenvalue weighted by atomic mass is 10.1. The molecule has 2 rings (SSSR count). The maximum atomic E-state index is 12.3. The van der Waals surface area contributed by atoms with Crippen LogP contribution in [0.1, 0.15) is 18.2 Å². The Kier molecular flexibility index (Phi) is 7.89. The van der Waals surface area contributed by atoms with Crippen molar-refractivity contribution in [2.75, 3.05) is 13.1 Å². The Bertz CT molecular complexity index is 865. The molecule has 0 bridgehead atoms. The Morgan fingerprint density at radius 3 is 2.48 bits per heavy atom. The van der Waals surface area contributed by atoms with E-state index in [2.05, 4.69) is 20.9 Å². The summed E-state index contributed by atoms with van der Waals surface area (Å²) in [6.45, 7) is 1.00. The van der Waals surface area contributed by atoms with Gasteiger partial charge in [0.25, 0.3) is 0 Å². The maximum absolute atomic E-state index is 12.3. The van der Waals surface area contributed by atoms with Crippen molar-refractivity contribution < 1.29 is 24.3 Å². The molecular weight excluding hydrogens is 378 g/mol. The van der Waals surface area contributed by atoms with Crippen molar-refractivity contribution in [2.45, 2.75) is 25.9 Å². The number of nitrogens with zero attached hydrogens (tertiary/aromatic N) is 2. The molecule has 1 unspecified atom stereocenters. The third kappa shape index (κ3) is 7.83. The van der Waals surface area contributed by atoms with E-state index in [1.54, 1.807) is 12.5 Å². The van der Waals surface area contributed by atoms with E-state index in [1.807, 2.05) is 34.9 Å². The van der Waals surface area contributed by atoms with Gasteiger partial charge in [0, 0.05) is 26.1 Å². The molecule has 0 aliphatic rings. The summed E-state index contributed by atoms with van der Waals surface area (Å²) in [6.07, 6.45) is 3.44. The number of benzene rings is 1. The first kappa shape index (κ1) is 21.6. The molecule has 154 valence electrons. The minimum Gasteiger partial charge on any atom is -0.480 e. The normalized spacial score (nSPS) is 11.3. The fraction of sp³-hybridized carbons (Fsp3) is 0.316. The number of nitrogens with one attached hydrogen (secondary N) is 3. The Hall–Kier alpha value is -3.69. The number of carboxylic acids is 1. The average Bonchev–Trinajstić information content (AvgIpc) is 3.11. The second-order valence-corrected chi connectivity index (χ2v) is 6.37. The molecule has 1 heterocycles. The summed E-state index contributed by atoms with van der Waals surface area (Å²) in [5.74, 6) is -2.80. The molecule has 0 saturated heterocycles. The zero-order chi connectivity index (χ0) is 21.2. The van der Waals surface area contributed by atoms with Crippen molar-refractivity contribution in [1.29, 1.82) is 0 Å². The lowest BCUT2D eigenvalue weighted by Crippen LogP contribution is -2.51. The molecule has 0 aliphatic heterocycles. The van der Waals surface area contributed by atoms with Crippen LogP contribution in [-0.4, -0.2) is 57.5 Å². The standard InChI is InChI=1S/C19H23N5O5/c1-13(25)20-8-17(26)23-16(19(29)21-9-18(27)28)7-15-11-24(12-22-15)10-14-5-3-2-4-6-14/h2-6,11-12,16H,7-10H2,1H3,(H,20,25)(H,21,29)(H,23,26)(H,27,28). The third-order valence-corrected chi connectivity index (χ3v) is 3.87. The molecule has 0 spiro atoms. The third-order valence-electron chi connectivity index (χ3n) is 3.87. The van der Waals surface area contributed by atoms with Crippen LogP contribution in [0.15, 0.2) is 42.9 Å². The molecule has 3 amide bonds. The number of imidazole rings is 1. The van der Waals surface area contributed by atoms with E-state index in [9.17, 15) is 19.2 Å². The summed E-state index contributed by atoms with van der Waals surface area (Å²) in [6, 6.07) is 8.71. The molecular formula is C19H23N5O5. The smallest absolute Gasteiger partial charge is 0.322 e. The highest BCUT2D eigenvalue weighted by Crippen LogP contribution is 2.06. The van der Waals surface area contributed by atoms with Gasteiger partial charge in [-0.05, 0) is 5.56 Å². The van der Waals surface area contributed by atoms with Crippen LogP contribution in [0.2, 0.25) is 0 Å². The van der Waals surface area contributed by atoms with Crippen LogP contribution in [-0.2, 0) is 32.1 Å². The van der Waals surface area contributed by atoms with E-state index in [1.165, 1.54) is 6.92 Å². The fourth-order valence-electron chi connectivity index (χ4n) is 2.55.